The van der Waals surface area contributed by atoms with Crippen molar-refractivity contribution < 1.29 is 24.3 Å². The van der Waals surface area contributed by atoms with E-state index in [1.165, 1.54) is 4.90 Å². The highest BCUT2D eigenvalue weighted by Gasteiger charge is 2.54. The summed E-state index contributed by atoms with van der Waals surface area (Å²) in [4.78, 5) is 37.4. The molecule has 298 valence electrons. The van der Waals surface area contributed by atoms with E-state index in [-0.39, 0.29) is 53.8 Å². The molecule has 3 fully saturated rings. The molecule has 1 aliphatic carbocycles. The number of nitrogens with zero attached hydrogens (tertiary/aromatic N) is 6. The fourth-order valence-electron chi connectivity index (χ4n) is 9.21. The summed E-state index contributed by atoms with van der Waals surface area (Å²) in [5.74, 6) is -0.370. The van der Waals surface area contributed by atoms with E-state index in [1.54, 1.807) is 23.5 Å². The number of aromatic hydroxyl groups is 1. The van der Waals surface area contributed by atoms with E-state index in [4.69, 9.17) is 4.52 Å². The number of aliphatic hydroxyl groups excluding tert-OH is 1. The van der Waals surface area contributed by atoms with Gasteiger partial charge in [0.1, 0.15) is 23.5 Å². The summed E-state index contributed by atoms with van der Waals surface area (Å²) in [6, 6.07) is 24.3. The van der Waals surface area contributed by atoms with Gasteiger partial charge in [-0.15, -0.1) is 21.5 Å². The Labute approximate surface area is 340 Å². The monoisotopic (exact) mass is 797 g/mol. The number of hydrogen-bond acceptors (Lipinski definition) is 11. The molecule has 1 spiro atoms. The van der Waals surface area contributed by atoms with Crippen molar-refractivity contribution in [2.45, 2.75) is 77.0 Å². The van der Waals surface area contributed by atoms with Crippen molar-refractivity contribution in [1.82, 2.24) is 30.6 Å². The number of β-amino-alcohol motifs (C(OH)–C–C–N with tert-alkyl or cyclic N) is 1. The molecule has 5 heterocycles. The minimum atomic E-state index is -0.798. The number of carbonyl (C=O) groups excluding carboxylic acids is 2. The van der Waals surface area contributed by atoms with Crippen molar-refractivity contribution in [1.29, 1.82) is 0 Å². The van der Waals surface area contributed by atoms with Crippen LogP contribution in [0.4, 0.5) is 5.69 Å². The van der Waals surface area contributed by atoms with Gasteiger partial charge in [0.15, 0.2) is 0 Å². The Balaban J connectivity index is 0.825. The first-order valence-electron chi connectivity index (χ1n) is 20.0. The molecule has 3 N–H and O–H groups in total. The molecule has 3 aromatic heterocycles. The average molecular weight is 798 g/mol. The molecule has 13 heteroatoms. The zero-order valence-corrected chi connectivity index (χ0v) is 33.8. The first-order valence-corrected chi connectivity index (χ1v) is 20.9. The third-order valence-corrected chi connectivity index (χ3v) is 13.3. The van der Waals surface area contributed by atoms with E-state index in [0.717, 1.165) is 69.9 Å². The molecule has 2 saturated heterocycles. The number of likely N-dealkylation sites (tertiary alicyclic amines) is 1. The number of carbonyl (C=O) groups is 2. The van der Waals surface area contributed by atoms with Crippen LogP contribution in [0.25, 0.3) is 32.6 Å². The lowest BCUT2D eigenvalue weighted by atomic mass is 9.57. The van der Waals surface area contributed by atoms with Crippen molar-refractivity contribution in [2.75, 3.05) is 24.5 Å². The van der Waals surface area contributed by atoms with Gasteiger partial charge in [-0.3, -0.25) is 9.59 Å². The SMILES string of the molecule is Cc1ncsc1-c1ccc([C@H](C)NC(=O)[C@@H]2C[C@@H](O)CN2C(=O)[C@@H](c2cc(C3CC4(C3)CN(c3ccc5nnc(-c6ccccc6O)cc5c3)C4)no2)C(C)C)cc1. The number of thiazole rings is 1. The van der Waals surface area contributed by atoms with Gasteiger partial charge in [-0.05, 0) is 80.1 Å². The van der Waals surface area contributed by atoms with Gasteiger partial charge in [0.25, 0.3) is 0 Å². The van der Waals surface area contributed by atoms with Gasteiger partial charge in [0.05, 0.1) is 45.1 Å². The predicted octanol–water partition coefficient (Wildman–Crippen LogP) is 7.39. The number of phenols is 1. The van der Waals surface area contributed by atoms with Crippen molar-refractivity contribution in [3.8, 4) is 27.4 Å². The third kappa shape index (κ3) is 7.00. The molecule has 12 nitrogen and oxygen atoms in total. The van der Waals surface area contributed by atoms with Crippen molar-refractivity contribution in [2.24, 2.45) is 11.3 Å². The molecule has 0 unspecified atom stereocenters. The summed E-state index contributed by atoms with van der Waals surface area (Å²) in [6.07, 6.45) is 1.35. The number of hydrogen-bond donors (Lipinski definition) is 3. The lowest BCUT2D eigenvalue weighted by molar-refractivity contribution is -0.141. The minimum Gasteiger partial charge on any atom is -0.507 e. The fourth-order valence-corrected chi connectivity index (χ4v) is 10.0. The quantitative estimate of drug-likeness (QED) is 0.128. The standard InChI is InChI=1S/C45H47N7O5S/c1-25(2)41(44(56)52-21-33(53)17-38(52)43(55)47-26(3)28-9-11-29(12-10-28)42-27(4)46-24-58-42)40-18-36(50-57-40)31-19-45(20-31)22-51(23-45)32-13-14-35-30(15-32)16-37(49-48-35)34-7-5-6-8-39(34)54/h5-16,18,24-26,31,33,38,41,53-54H,17,19-23H2,1-4H3,(H,47,55)/t26-,33+,38-,41+/m0/s1. The Kier molecular flexibility index (Phi) is 9.76. The normalized spacial score (nSPS) is 20.0. The molecule has 3 aliphatic rings. The largest absolute Gasteiger partial charge is 0.507 e. The average Bonchev–Trinajstić information content (AvgIpc) is 3.94. The number of benzene rings is 3. The van der Waals surface area contributed by atoms with Crippen LogP contribution in [0.2, 0.25) is 0 Å². The zero-order chi connectivity index (χ0) is 40.3. The van der Waals surface area contributed by atoms with Crippen LogP contribution in [0.15, 0.2) is 88.9 Å². The topological polar surface area (TPSA) is 158 Å². The second-order valence-corrected chi connectivity index (χ2v) is 17.7. The number of aromatic nitrogens is 4. The predicted molar refractivity (Wildman–Crippen MR) is 222 cm³/mol. The summed E-state index contributed by atoms with van der Waals surface area (Å²) >= 11 is 1.60. The van der Waals surface area contributed by atoms with Gasteiger partial charge >= 0.3 is 0 Å². The number of phenolic OH excluding ortho intramolecular Hbond substituents is 1. The lowest BCUT2D eigenvalue weighted by Gasteiger charge is -2.59. The maximum absolute atomic E-state index is 14.3. The Morgan fingerprint density at radius 3 is 2.48 bits per heavy atom. The highest BCUT2D eigenvalue weighted by atomic mass is 32.1. The second-order valence-electron chi connectivity index (χ2n) is 16.8. The number of rotatable bonds is 10. The highest BCUT2D eigenvalue weighted by molar-refractivity contribution is 7.13. The number of nitrogens with one attached hydrogen (secondary N) is 1. The van der Waals surface area contributed by atoms with Crippen molar-refractivity contribution >= 4 is 39.7 Å². The summed E-state index contributed by atoms with van der Waals surface area (Å²) in [5, 5.41) is 38.3. The van der Waals surface area contributed by atoms with Crippen LogP contribution >= 0.6 is 11.3 Å². The van der Waals surface area contributed by atoms with Gasteiger partial charge in [-0.1, -0.05) is 55.4 Å². The summed E-state index contributed by atoms with van der Waals surface area (Å²) < 4.78 is 5.91. The molecular weight excluding hydrogens is 751 g/mol. The second kappa shape index (κ2) is 14.9. The van der Waals surface area contributed by atoms with Crippen LogP contribution < -0.4 is 10.2 Å². The van der Waals surface area contributed by atoms with E-state index in [0.29, 0.717) is 17.0 Å². The molecule has 58 heavy (non-hydrogen) atoms. The summed E-state index contributed by atoms with van der Waals surface area (Å²) in [7, 11) is 0. The first kappa shape index (κ1) is 37.9. The summed E-state index contributed by atoms with van der Waals surface area (Å²) in [6.45, 7) is 9.82. The maximum Gasteiger partial charge on any atom is 0.243 e. The number of fused-ring (bicyclic) bond motifs is 1. The fraction of sp³-hybridized carbons (Fsp3) is 0.378. The van der Waals surface area contributed by atoms with Crippen LogP contribution in [0.1, 0.15) is 80.6 Å². The number of anilines is 1. The first-order chi connectivity index (χ1) is 27.9. The van der Waals surface area contributed by atoms with E-state index < -0.39 is 18.1 Å². The molecule has 2 aliphatic heterocycles. The van der Waals surface area contributed by atoms with E-state index in [9.17, 15) is 19.8 Å². The molecular formula is C45H47N7O5S. The Bertz CT molecular complexity index is 2480. The van der Waals surface area contributed by atoms with Crippen LogP contribution in [-0.4, -0.2) is 79.0 Å². The van der Waals surface area contributed by atoms with Gasteiger partial charge in [0.2, 0.25) is 11.8 Å². The molecule has 0 bridgehead atoms. The zero-order valence-electron chi connectivity index (χ0n) is 33.0. The number of amides is 2. The molecule has 0 radical (unpaired) electrons. The van der Waals surface area contributed by atoms with Gasteiger partial charge in [-0.2, -0.15) is 0 Å². The molecule has 3 aromatic carbocycles. The van der Waals surface area contributed by atoms with Crippen LogP contribution in [-0.2, 0) is 9.59 Å². The maximum atomic E-state index is 14.3. The van der Waals surface area contributed by atoms with Gasteiger partial charge in [0, 0.05) is 60.1 Å². The van der Waals surface area contributed by atoms with E-state index in [2.05, 4.69) is 42.7 Å². The van der Waals surface area contributed by atoms with Gasteiger partial charge in [-0.25, -0.2) is 4.98 Å². The third-order valence-electron chi connectivity index (χ3n) is 12.4. The molecule has 1 saturated carbocycles. The molecule has 6 aromatic rings. The van der Waals surface area contributed by atoms with E-state index >= 15 is 0 Å². The Morgan fingerprint density at radius 2 is 1.76 bits per heavy atom. The molecule has 2 amide bonds. The molecule has 9 rings (SSSR count). The van der Waals surface area contributed by atoms with Gasteiger partial charge < -0.3 is 29.9 Å². The molecule has 4 atom stereocenters. The number of para-hydroxylation sites is 1. The minimum absolute atomic E-state index is 0.0858. The smallest absolute Gasteiger partial charge is 0.243 e. The number of aryl methyl sites for hydroxylation is 1. The van der Waals surface area contributed by atoms with Crippen LogP contribution in [0.3, 0.4) is 0 Å². The van der Waals surface area contributed by atoms with Crippen LogP contribution in [0, 0.1) is 18.3 Å². The van der Waals surface area contributed by atoms with Crippen LogP contribution in [0.5, 0.6) is 5.75 Å². The number of aliphatic hydroxyl groups is 1. The van der Waals surface area contributed by atoms with E-state index in [1.807, 2.05) is 87.8 Å². The Morgan fingerprint density at radius 1 is 0.983 bits per heavy atom. The highest BCUT2D eigenvalue weighted by Crippen LogP contribution is 2.57. The van der Waals surface area contributed by atoms with Crippen molar-refractivity contribution in [3.63, 3.8) is 0 Å². The van der Waals surface area contributed by atoms with Crippen molar-refractivity contribution in [3.05, 3.63) is 107 Å². The Hall–Kier alpha value is -5.66. The summed E-state index contributed by atoms with van der Waals surface area (Å²) in [5.41, 5.74) is 9.13. The lowest BCUT2D eigenvalue weighted by Crippen LogP contribution is -2.61.